The number of halogens is 3. The van der Waals surface area contributed by atoms with E-state index in [1.165, 1.54) is 0 Å². The molecule has 98 valence electrons. The summed E-state index contributed by atoms with van der Waals surface area (Å²) >= 11 is 0. The fraction of sp³-hybridized carbons (Fsp3) is 1.00. The lowest BCUT2D eigenvalue weighted by Gasteiger charge is -2.24. The molecule has 0 spiro atoms. The Hall–Kier alpha value is 0.630. The van der Waals surface area contributed by atoms with Gasteiger partial charge in [0.25, 0.3) is 0 Å². The van der Waals surface area contributed by atoms with Crippen LogP contribution in [-0.2, 0) is 0 Å². The van der Waals surface area contributed by atoms with Crippen molar-refractivity contribution in [1.29, 1.82) is 0 Å². The third-order valence-corrected chi connectivity index (χ3v) is 1.51. The Morgan fingerprint density at radius 2 is 0.800 bits per heavy atom. The van der Waals surface area contributed by atoms with Crippen molar-refractivity contribution in [1.82, 2.24) is 0 Å². The van der Waals surface area contributed by atoms with Crippen molar-refractivity contribution in [2.75, 3.05) is 13.2 Å². The minimum Gasteiger partial charge on any atom is -0.394 e. The molecule has 0 radical (unpaired) electrons. The lowest BCUT2D eigenvalue weighted by atomic mass is 10.0. The highest BCUT2D eigenvalue weighted by Gasteiger charge is 2.29. The van der Waals surface area contributed by atoms with E-state index in [0.717, 1.165) is 0 Å². The molecule has 0 aromatic heterocycles. The number of aliphatic hydroxyl groups is 6. The van der Waals surface area contributed by atoms with Crippen molar-refractivity contribution < 1.29 is 30.6 Å². The van der Waals surface area contributed by atoms with Crippen LogP contribution in [0.1, 0.15) is 0 Å². The summed E-state index contributed by atoms with van der Waals surface area (Å²) in [6.45, 7) is -1.45. The Morgan fingerprint density at radius 1 is 0.600 bits per heavy atom. The zero-order valence-electron chi connectivity index (χ0n) is 7.63. The van der Waals surface area contributed by atoms with Crippen molar-refractivity contribution >= 4 is 37.2 Å². The van der Waals surface area contributed by atoms with Crippen LogP contribution in [0.2, 0.25) is 0 Å². The molecule has 6 nitrogen and oxygen atoms in total. The van der Waals surface area contributed by atoms with Crippen molar-refractivity contribution in [2.45, 2.75) is 24.4 Å². The first-order chi connectivity index (χ1) is 5.54. The van der Waals surface area contributed by atoms with E-state index in [9.17, 15) is 0 Å². The maximum Gasteiger partial charge on any atom is 0.111 e. The second kappa shape index (κ2) is 12.7. The minimum atomic E-state index is -1.67. The zero-order chi connectivity index (χ0) is 9.72. The van der Waals surface area contributed by atoms with Gasteiger partial charge in [0.2, 0.25) is 0 Å². The van der Waals surface area contributed by atoms with E-state index in [1.54, 1.807) is 0 Å². The highest BCUT2D eigenvalue weighted by Crippen LogP contribution is 2.03. The Balaban J connectivity index is -0.000000202. The number of hydrogen-bond acceptors (Lipinski definition) is 6. The Bertz CT molecular complexity index is 115. The molecule has 0 aliphatic heterocycles. The number of hydrogen-bond donors (Lipinski definition) is 6. The van der Waals surface area contributed by atoms with Crippen molar-refractivity contribution in [3.05, 3.63) is 0 Å². The van der Waals surface area contributed by atoms with E-state index in [-0.39, 0.29) is 37.2 Å². The maximum atomic E-state index is 8.96. The van der Waals surface area contributed by atoms with Crippen LogP contribution in [0, 0.1) is 0 Å². The standard InChI is InChI=1S/C6H14O6.3ClH/c7-1-3(9)5(11)6(12)4(10)2-8;;;/h3-12H,1-2H2;3*1H/t3-,4-,5-,6-;;;/m1.../s1. The molecule has 0 fully saturated rings. The van der Waals surface area contributed by atoms with Crippen LogP contribution >= 0.6 is 37.2 Å². The molecule has 0 bridgehead atoms. The third-order valence-electron chi connectivity index (χ3n) is 1.51. The van der Waals surface area contributed by atoms with Gasteiger partial charge in [-0.25, -0.2) is 0 Å². The molecule has 0 unspecified atom stereocenters. The SMILES string of the molecule is Cl.Cl.Cl.OC[C@@H](O)[C@@H](O)[C@H](O)[C@H](O)CO. The molecule has 15 heavy (non-hydrogen) atoms. The zero-order valence-corrected chi connectivity index (χ0v) is 10.1. The van der Waals surface area contributed by atoms with E-state index in [4.69, 9.17) is 30.6 Å². The van der Waals surface area contributed by atoms with Crippen LogP contribution in [-0.4, -0.2) is 68.3 Å². The summed E-state index contributed by atoms with van der Waals surface area (Å²) in [5, 5.41) is 52.2. The second-order valence-electron chi connectivity index (χ2n) is 2.48. The smallest absolute Gasteiger partial charge is 0.111 e. The van der Waals surface area contributed by atoms with Crippen molar-refractivity contribution in [3.8, 4) is 0 Å². The van der Waals surface area contributed by atoms with E-state index in [1.807, 2.05) is 0 Å². The molecule has 0 aliphatic rings. The Labute approximate surface area is 106 Å². The van der Waals surface area contributed by atoms with Gasteiger partial charge in [0.1, 0.15) is 24.4 Å². The van der Waals surface area contributed by atoms with Crippen LogP contribution in [0.5, 0.6) is 0 Å². The van der Waals surface area contributed by atoms with Gasteiger partial charge in [0, 0.05) is 0 Å². The van der Waals surface area contributed by atoms with Gasteiger partial charge in [-0.3, -0.25) is 0 Å². The fourth-order valence-electron chi connectivity index (χ4n) is 0.671. The Kier molecular flexibility index (Phi) is 20.9. The lowest BCUT2D eigenvalue weighted by Crippen LogP contribution is -2.46. The van der Waals surface area contributed by atoms with Gasteiger partial charge in [0.05, 0.1) is 13.2 Å². The number of rotatable bonds is 5. The average Bonchev–Trinajstić information content (AvgIpc) is 2.12. The first kappa shape index (κ1) is 24.7. The molecule has 0 aromatic carbocycles. The molecule has 0 rings (SSSR count). The summed E-state index contributed by atoms with van der Waals surface area (Å²) in [6.07, 6.45) is -6.39. The quantitative estimate of drug-likeness (QED) is 0.338. The molecule has 0 aliphatic carbocycles. The molecule has 4 atom stereocenters. The molecule has 0 amide bonds. The van der Waals surface area contributed by atoms with Crippen LogP contribution in [0.4, 0.5) is 0 Å². The Morgan fingerprint density at radius 3 is 0.933 bits per heavy atom. The summed E-state index contributed by atoms with van der Waals surface area (Å²) < 4.78 is 0. The molecule has 9 heteroatoms. The van der Waals surface area contributed by atoms with Crippen LogP contribution in [0.3, 0.4) is 0 Å². The van der Waals surface area contributed by atoms with Crippen LogP contribution < -0.4 is 0 Å². The van der Waals surface area contributed by atoms with Gasteiger partial charge in [-0.1, -0.05) is 0 Å². The molecule has 0 aromatic rings. The molecular weight excluding hydrogens is 274 g/mol. The van der Waals surface area contributed by atoms with Gasteiger partial charge in [0.15, 0.2) is 0 Å². The third kappa shape index (κ3) is 8.44. The summed E-state index contributed by atoms with van der Waals surface area (Å²) in [7, 11) is 0. The lowest BCUT2D eigenvalue weighted by molar-refractivity contribution is -0.123. The largest absolute Gasteiger partial charge is 0.394 e. The predicted molar refractivity (Wildman–Crippen MR) is 59.9 cm³/mol. The van der Waals surface area contributed by atoms with Gasteiger partial charge < -0.3 is 30.6 Å². The first-order valence-corrected chi connectivity index (χ1v) is 3.48. The van der Waals surface area contributed by atoms with Gasteiger partial charge in [-0.15, -0.1) is 37.2 Å². The molecule has 0 saturated carbocycles. The number of aliphatic hydroxyl groups excluding tert-OH is 6. The second-order valence-corrected chi connectivity index (χ2v) is 2.48. The highest BCUT2D eigenvalue weighted by atomic mass is 35.5. The summed E-state index contributed by atoms with van der Waals surface area (Å²) in [5.41, 5.74) is 0. The molecular formula is C6H17Cl3O6. The van der Waals surface area contributed by atoms with E-state index >= 15 is 0 Å². The molecule has 0 heterocycles. The highest BCUT2D eigenvalue weighted by molar-refractivity contribution is 5.86. The molecule has 6 N–H and O–H groups in total. The monoisotopic (exact) mass is 290 g/mol. The minimum absolute atomic E-state index is 0. The van der Waals surface area contributed by atoms with Crippen molar-refractivity contribution in [2.24, 2.45) is 0 Å². The van der Waals surface area contributed by atoms with E-state index < -0.39 is 37.6 Å². The van der Waals surface area contributed by atoms with Crippen LogP contribution in [0.15, 0.2) is 0 Å². The average molecular weight is 292 g/mol. The summed E-state index contributed by atoms with van der Waals surface area (Å²) in [6, 6.07) is 0. The summed E-state index contributed by atoms with van der Waals surface area (Å²) in [4.78, 5) is 0. The van der Waals surface area contributed by atoms with Gasteiger partial charge in [-0.05, 0) is 0 Å². The predicted octanol–water partition coefficient (Wildman–Crippen LogP) is -2.32. The summed E-state index contributed by atoms with van der Waals surface area (Å²) in [5.74, 6) is 0. The normalized spacial score (nSPS) is 17.2. The molecule has 0 saturated heterocycles. The van der Waals surface area contributed by atoms with Gasteiger partial charge in [-0.2, -0.15) is 0 Å². The van der Waals surface area contributed by atoms with E-state index in [2.05, 4.69) is 0 Å². The topological polar surface area (TPSA) is 121 Å². The fourth-order valence-corrected chi connectivity index (χ4v) is 0.671. The van der Waals surface area contributed by atoms with Gasteiger partial charge >= 0.3 is 0 Å². The maximum absolute atomic E-state index is 8.96. The first-order valence-electron chi connectivity index (χ1n) is 3.48. The van der Waals surface area contributed by atoms with Crippen molar-refractivity contribution in [3.63, 3.8) is 0 Å². The van der Waals surface area contributed by atoms with E-state index in [0.29, 0.717) is 0 Å². The van der Waals surface area contributed by atoms with Crippen LogP contribution in [0.25, 0.3) is 0 Å².